The maximum atomic E-state index is 14.4. The fraction of sp³-hybridized carbons (Fsp3) is 0.435. The van der Waals surface area contributed by atoms with Crippen molar-refractivity contribution in [3.05, 3.63) is 64.3 Å². The molecule has 33 heavy (non-hydrogen) atoms. The largest absolute Gasteiger partial charge is 0.393 e. The second-order valence-electron chi connectivity index (χ2n) is 8.72. The standard InChI is InChI=1S/C23H25FN6O2S/c24-16-3-1-9-26-21(16)23(7-2-8-23)13-27-20-5-4-17(28-29-20)18-11-15(31)6-10-30(18)22(32)19-12-25-14-33-19/h1,3-5,9,12,14-15,18,31H,2,6-8,10-11,13H2,(H,27,29). The first-order chi connectivity index (χ1) is 16.1. The number of nitrogens with one attached hydrogen (secondary N) is 1. The van der Waals surface area contributed by atoms with Crippen LogP contribution >= 0.6 is 11.3 Å². The number of hydrogen-bond acceptors (Lipinski definition) is 8. The van der Waals surface area contributed by atoms with Crippen molar-refractivity contribution < 1.29 is 14.3 Å². The van der Waals surface area contributed by atoms with E-state index in [4.69, 9.17) is 0 Å². The van der Waals surface area contributed by atoms with Crippen molar-refractivity contribution in [1.82, 2.24) is 25.1 Å². The molecule has 3 aromatic rings. The lowest BCUT2D eigenvalue weighted by atomic mass is 9.66. The molecule has 0 bridgehead atoms. The summed E-state index contributed by atoms with van der Waals surface area (Å²) < 4.78 is 14.4. The van der Waals surface area contributed by atoms with E-state index >= 15 is 0 Å². The molecule has 1 saturated carbocycles. The second kappa shape index (κ2) is 9.11. The third-order valence-electron chi connectivity index (χ3n) is 6.68. The zero-order valence-electron chi connectivity index (χ0n) is 18.0. The first kappa shape index (κ1) is 21.8. The average molecular weight is 469 g/mol. The van der Waals surface area contributed by atoms with Crippen LogP contribution in [0.4, 0.5) is 10.2 Å². The molecule has 3 aromatic heterocycles. The Labute approximate surface area is 194 Å². The number of thiazole rings is 1. The van der Waals surface area contributed by atoms with Gasteiger partial charge in [-0.15, -0.1) is 16.4 Å². The van der Waals surface area contributed by atoms with Gasteiger partial charge in [-0.25, -0.2) is 4.39 Å². The van der Waals surface area contributed by atoms with Crippen LogP contribution in [0.5, 0.6) is 0 Å². The lowest BCUT2D eigenvalue weighted by Gasteiger charge is -2.41. The quantitative estimate of drug-likeness (QED) is 0.572. The molecule has 0 spiro atoms. The first-order valence-corrected chi connectivity index (χ1v) is 12.0. The fourth-order valence-electron chi connectivity index (χ4n) is 4.68. The van der Waals surface area contributed by atoms with Gasteiger partial charge in [-0.2, -0.15) is 5.10 Å². The Bertz CT molecular complexity index is 1110. The van der Waals surface area contributed by atoms with Gasteiger partial charge in [0.2, 0.25) is 0 Å². The Kier molecular flexibility index (Phi) is 6.03. The third-order valence-corrected chi connectivity index (χ3v) is 7.45. The van der Waals surface area contributed by atoms with Crippen molar-refractivity contribution in [1.29, 1.82) is 0 Å². The molecule has 1 amide bonds. The number of nitrogens with zero attached hydrogens (tertiary/aromatic N) is 5. The Morgan fingerprint density at radius 2 is 2.18 bits per heavy atom. The van der Waals surface area contributed by atoms with Crippen LogP contribution in [0.3, 0.4) is 0 Å². The van der Waals surface area contributed by atoms with Crippen LogP contribution in [-0.4, -0.2) is 55.3 Å². The van der Waals surface area contributed by atoms with Crippen molar-refractivity contribution in [3.63, 3.8) is 0 Å². The molecule has 172 valence electrons. The highest BCUT2D eigenvalue weighted by atomic mass is 32.1. The number of likely N-dealkylation sites (tertiary alicyclic amines) is 1. The van der Waals surface area contributed by atoms with Gasteiger partial charge in [0.1, 0.15) is 16.5 Å². The van der Waals surface area contributed by atoms with E-state index in [0.29, 0.717) is 48.0 Å². The maximum Gasteiger partial charge on any atom is 0.266 e. The minimum atomic E-state index is -0.494. The van der Waals surface area contributed by atoms with Gasteiger partial charge in [-0.05, 0) is 49.9 Å². The molecule has 0 aromatic carbocycles. The summed E-state index contributed by atoms with van der Waals surface area (Å²) in [6.07, 6.45) is 6.41. The summed E-state index contributed by atoms with van der Waals surface area (Å²) in [5.74, 6) is 0.197. The Hall–Kier alpha value is -2.98. The molecule has 2 aliphatic rings. The van der Waals surface area contributed by atoms with Crippen LogP contribution in [0.1, 0.15) is 59.2 Å². The monoisotopic (exact) mass is 468 g/mol. The number of rotatable bonds is 6. The SMILES string of the molecule is O=C(c1cncs1)N1CCC(O)CC1c1ccc(NCC2(c3ncccc3F)CCC2)nn1. The average Bonchev–Trinajstić information content (AvgIpc) is 3.34. The predicted molar refractivity (Wildman–Crippen MR) is 121 cm³/mol. The molecule has 5 rings (SSSR count). The lowest BCUT2D eigenvalue weighted by Crippen LogP contribution is -2.43. The molecular weight excluding hydrogens is 443 g/mol. The number of aliphatic hydroxyl groups is 1. The molecule has 2 unspecified atom stereocenters. The van der Waals surface area contributed by atoms with E-state index in [1.165, 1.54) is 17.4 Å². The molecule has 2 N–H and O–H groups in total. The van der Waals surface area contributed by atoms with E-state index in [9.17, 15) is 14.3 Å². The van der Waals surface area contributed by atoms with Crippen molar-refractivity contribution in [3.8, 4) is 0 Å². The Balaban J connectivity index is 1.30. The van der Waals surface area contributed by atoms with Crippen LogP contribution in [0.25, 0.3) is 0 Å². The van der Waals surface area contributed by atoms with Gasteiger partial charge in [-0.3, -0.25) is 14.8 Å². The molecule has 1 aliphatic carbocycles. The number of aromatic nitrogens is 4. The van der Waals surface area contributed by atoms with E-state index in [1.807, 2.05) is 12.1 Å². The molecule has 10 heteroatoms. The zero-order chi connectivity index (χ0) is 22.8. The number of anilines is 1. The number of hydrogen-bond donors (Lipinski definition) is 2. The van der Waals surface area contributed by atoms with Crippen LogP contribution in [-0.2, 0) is 5.41 Å². The van der Waals surface area contributed by atoms with Crippen molar-refractivity contribution >= 4 is 23.1 Å². The van der Waals surface area contributed by atoms with E-state index in [2.05, 4.69) is 25.5 Å². The van der Waals surface area contributed by atoms with Crippen LogP contribution < -0.4 is 5.32 Å². The summed E-state index contributed by atoms with van der Waals surface area (Å²) in [5.41, 5.74) is 2.43. The smallest absolute Gasteiger partial charge is 0.266 e. The summed E-state index contributed by atoms with van der Waals surface area (Å²) >= 11 is 1.30. The number of amides is 1. The van der Waals surface area contributed by atoms with Crippen molar-refractivity contribution in [2.75, 3.05) is 18.4 Å². The number of aliphatic hydroxyl groups excluding tert-OH is 1. The number of halogens is 1. The number of carbonyl (C=O) groups is 1. The number of carbonyl (C=O) groups excluding carboxylic acids is 1. The fourth-order valence-corrected chi connectivity index (χ4v) is 5.26. The highest BCUT2D eigenvalue weighted by Gasteiger charge is 2.42. The summed E-state index contributed by atoms with van der Waals surface area (Å²) in [7, 11) is 0. The highest BCUT2D eigenvalue weighted by Crippen LogP contribution is 2.43. The van der Waals surface area contributed by atoms with Gasteiger partial charge < -0.3 is 15.3 Å². The number of piperidine rings is 1. The molecule has 2 fully saturated rings. The van der Waals surface area contributed by atoms with Gasteiger partial charge in [-0.1, -0.05) is 6.42 Å². The zero-order valence-corrected chi connectivity index (χ0v) is 18.8. The van der Waals surface area contributed by atoms with E-state index in [1.54, 1.807) is 28.9 Å². The summed E-state index contributed by atoms with van der Waals surface area (Å²) in [5, 5.41) is 22.2. The summed E-state index contributed by atoms with van der Waals surface area (Å²) in [4.78, 5) is 23.6. The predicted octanol–water partition coefficient (Wildman–Crippen LogP) is 3.34. The van der Waals surface area contributed by atoms with Crippen molar-refractivity contribution in [2.24, 2.45) is 0 Å². The molecule has 8 nitrogen and oxygen atoms in total. The molecule has 1 aliphatic heterocycles. The van der Waals surface area contributed by atoms with Crippen LogP contribution in [0, 0.1) is 5.82 Å². The first-order valence-electron chi connectivity index (χ1n) is 11.1. The third kappa shape index (κ3) is 4.32. The molecule has 2 atom stereocenters. The lowest BCUT2D eigenvalue weighted by molar-refractivity contribution is 0.0310. The van der Waals surface area contributed by atoms with E-state index in [-0.39, 0.29) is 23.2 Å². The van der Waals surface area contributed by atoms with Gasteiger partial charge in [0.25, 0.3) is 5.91 Å². The minimum absolute atomic E-state index is 0.109. The molecular formula is C23H25FN6O2S. The van der Waals surface area contributed by atoms with Gasteiger partial charge >= 0.3 is 0 Å². The normalized spacial score (nSPS) is 21.9. The molecule has 4 heterocycles. The van der Waals surface area contributed by atoms with Gasteiger partial charge in [0.15, 0.2) is 0 Å². The van der Waals surface area contributed by atoms with Gasteiger partial charge in [0.05, 0.1) is 35.2 Å². The summed E-state index contributed by atoms with van der Waals surface area (Å²) in [6.45, 7) is 0.968. The van der Waals surface area contributed by atoms with Crippen LogP contribution in [0.2, 0.25) is 0 Å². The molecule has 0 radical (unpaired) electrons. The molecule has 1 saturated heterocycles. The maximum absolute atomic E-state index is 14.4. The Morgan fingerprint density at radius 1 is 1.30 bits per heavy atom. The number of pyridine rings is 1. The second-order valence-corrected chi connectivity index (χ2v) is 9.61. The van der Waals surface area contributed by atoms with E-state index in [0.717, 1.165) is 19.3 Å². The summed E-state index contributed by atoms with van der Waals surface area (Å²) in [6, 6.07) is 6.35. The van der Waals surface area contributed by atoms with E-state index < -0.39 is 6.10 Å². The topological polar surface area (TPSA) is 104 Å². The van der Waals surface area contributed by atoms with Crippen molar-refractivity contribution in [2.45, 2.75) is 49.7 Å². The van der Waals surface area contributed by atoms with Crippen LogP contribution in [0.15, 0.2) is 42.2 Å². The van der Waals surface area contributed by atoms with Gasteiger partial charge in [0, 0.05) is 24.7 Å². The highest BCUT2D eigenvalue weighted by molar-refractivity contribution is 7.11. The minimum Gasteiger partial charge on any atom is -0.393 e. The Morgan fingerprint density at radius 3 is 2.85 bits per heavy atom.